The summed E-state index contributed by atoms with van der Waals surface area (Å²) in [6.07, 6.45) is -0.716. The maximum Gasteiger partial charge on any atom is 0.267 e. The number of fused-ring (bicyclic) bond motifs is 1. The van der Waals surface area contributed by atoms with Gasteiger partial charge in [0.25, 0.3) is 5.91 Å². The molecule has 1 aliphatic heterocycles. The van der Waals surface area contributed by atoms with Gasteiger partial charge in [0, 0.05) is 19.2 Å². The van der Waals surface area contributed by atoms with E-state index in [2.05, 4.69) is 0 Å². The Balaban J connectivity index is 1.68. The van der Waals surface area contributed by atoms with Crippen LogP contribution in [0, 0.1) is 5.82 Å². The van der Waals surface area contributed by atoms with E-state index in [1.165, 1.54) is 11.0 Å². The molecule has 1 heterocycles. The lowest BCUT2D eigenvalue weighted by atomic mass is 10.2. The Morgan fingerprint density at radius 2 is 1.86 bits per heavy atom. The summed E-state index contributed by atoms with van der Waals surface area (Å²) < 4.78 is 24.9. The second kappa shape index (κ2) is 6.05. The van der Waals surface area contributed by atoms with Crippen molar-refractivity contribution >= 4 is 5.91 Å². The van der Waals surface area contributed by atoms with E-state index >= 15 is 0 Å². The highest BCUT2D eigenvalue weighted by atomic mass is 19.1. The summed E-state index contributed by atoms with van der Waals surface area (Å²) in [5.41, 5.74) is 0.468. The van der Waals surface area contributed by atoms with Crippen LogP contribution >= 0.6 is 0 Å². The number of rotatable bonds is 3. The minimum atomic E-state index is -0.716. The number of likely N-dealkylation sites (N-methyl/N-ethyl adjacent to an activating group) is 1. The Morgan fingerprint density at radius 1 is 1.18 bits per heavy atom. The molecular formula is C17H16FNO3. The first-order chi connectivity index (χ1) is 10.6. The zero-order valence-corrected chi connectivity index (χ0v) is 12.2. The van der Waals surface area contributed by atoms with Gasteiger partial charge >= 0.3 is 0 Å². The van der Waals surface area contributed by atoms with E-state index in [0.717, 1.165) is 0 Å². The fourth-order valence-electron chi connectivity index (χ4n) is 2.35. The first-order valence-electron chi connectivity index (χ1n) is 7.02. The van der Waals surface area contributed by atoms with Crippen molar-refractivity contribution < 1.29 is 18.7 Å². The van der Waals surface area contributed by atoms with Crippen LogP contribution in [0.5, 0.6) is 11.5 Å². The molecule has 0 N–H and O–H groups in total. The smallest absolute Gasteiger partial charge is 0.267 e. The van der Waals surface area contributed by atoms with E-state index in [1.807, 2.05) is 12.1 Å². The number of carbonyl (C=O) groups is 1. The molecule has 0 spiro atoms. The highest BCUT2D eigenvalue weighted by molar-refractivity contribution is 5.81. The van der Waals surface area contributed by atoms with E-state index in [0.29, 0.717) is 17.1 Å². The molecule has 2 aromatic rings. The molecule has 1 atom stereocenters. The summed E-state index contributed by atoms with van der Waals surface area (Å²) >= 11 is 0. The summed E-state index contributed by atoms with van der Waals surface area (Å²) in [6.45, 7) is 0.338. The van der Waals surface area contributed by atoms with Crippen molar-refractivity contribution in [3.8, 4) is 11.5 Å². The summed E-state index contributed by atoms with van der Waals surface area (Å²) in [4.78, 5) is 13.9. The maximum atomic E-state index is 13.7. The normalized spacial score (nSPS) is 16.2. The van der Waals surface area contributed by atoms with Gasteiger partial charge in [-0.1, -0.05) is 30.3 Å². The number of amides is 1. The molecule has 1 amide bonds. The lowest BCUT2D eigenvalue weighted by Gasteiger charge is -2.28. The third kappa shape index (κ3) is 2.88. The van der Waals surface area contributed by atoms with Gasteiger partial charge < -0.3 is 14.4 Å². The number of hydrogen-bond donors (Lipinski definition) is 0. The third-order valence-corrected chi connectivity index (χ3v) is 3.53. The fraction of sp³-hybridized carbons (Fsp3) is 0.235. The van der Waals surface area contributed by atoms with Crippen molar-refractivity contribution in [2.75, 3.05) is 13.7 Å². The predicted octanol–water partition coefficient (Wildman–Crippen LogP) is 2.62. The standard InChI is InChI=1S/C17H16FNO3/c1-19(10-12-6-2-3-7-13(12)18)17(20)16-11-21-14-8-4-5-9-15(14)22-16/h2-9,16H,10-11H2,1H3/t16-/m1/s1. The average molecular weight is 301 g/mol. The van der Waals surface area contributed by atoms with Crippen LogP contribution in [0.4, 0.5) is 4.39 Å². The molecule has 0 bridgehead atoms. The molecule has 0 saturated heterocycles. The van der Waals surface area contributed by atoms with E-state index in [-0.39, 0.29) is 24.9 Å². The van der Waals surface area contributed by atoms with Gasteiger partial charge in [-0.05, 0) is 18.2 Å². The average Bonchev–Trinajstić information content (AvgIpc) is 2.55. The Bertz CT molecular complexity index is 689. The number of benzene rings is 2. The number of para-hydroxylation sites is 2. The van der Waals surface area contributed by atoms with Gasteiger partial charge in [0.15, 0.2) is 11.5 Å². The molecule has 2 aromatic carbocycles. The molecule has 0 aromatic heterocycles. The molecule has 114 valence electrons. The van der Waals surface area contributed by atoms with Crippen molar-refractivity contribution in [3.05, 3.63) is 59.9 Å². The first kappa shape index (κ1) is 14.4. The van der Waals surface area contributed by atoms with Gasteiger partial charge in [0.2, 0.25) is 6.10 Å². The number of hydrogen-bond acceptors (Lipinski definition) is 3. The number of ether oxygens (including phenoxy) is 2. The second-order valence-corrected chi connectivity index (χ2v) is 5.15. The van der Waals surface area contributed by atoms with Gasteiger partial charge in [-0.3, -0.25) is 4.79 Å². The summed E-state index contributed by atoms with van der Waals surface area (Å²) in [7, 11) is 1.62. The highest BCUT2D eigenvalue weighted by Crippen LogP contribution is 2.31. The molecule has 0 unspecified atom stereocenters. The number of halogens is 1. The van der Waals surface area contributed by atoms with Gasteiger partial charge in [0.1, 0.15) is 12.4 Å². The number of carbonyl (C=O) groups excluding carboxylic acids is 1. The van der Waals surface area contributed by atoms with Crippen molar-refractivity contribution in [1.82, 2.24) is 4.90 Å². The molecule has 0 radical (unpaired) electrons. The van der Waals surface area contributed by atoms with Crippen LogP contribution in [-0.2, 0) is 11.3 Å². The van der Waals surface area contributed by atoms with Crippen LogP contribution in [0.15, 0.2) is 48.5 Å². The molecule has 4 nitrogen and oxygen atoms in total. The Labute approximate surface area is 128 Å². The van der Waals surface area contributed by atoms with Crippen molar-refractivity contribution in [3.63, 3.8) is 0 Å². The van der Waals surface area contributed by atoms with Gasteiger partial charge in [-0.15, -0.1) is 0 Å². The van der Waals surface area contributed by atoms with E-state index in [4.69, 9.17) is 9.47 Å². The molecule has 22 heavy (non-hydrogen) atoms. The van der Waals surface area contributed by atoms with Crippen LogP contribution in [0.3, 0.4) is 0 Å². The first-order valence-corrected chi connectivity index (χ1v) is 7.02. The molecule has 0 aliphatic carbocycles. The Hall–Kier alpha value is -2.56. The molecule has 3 rings (SSSR count). The molecule has 1 aliphatic rings. The van der Waals surface area contributed by atoms with Gasteiger partial charge in [-0.2, -0.15) is 0 Å². The van der Waals surface area contributed by atoms with E-state index in [9.17, 15) is 9.18 Å². The fourth-order valence-corrected chi connectivity index (χ4v) is 2.35. The number of nitrogens with zero attached hydrogens (tertiary/aromatic N) is 1. The zero-order valence-electron chi connectivity index (χ0n) is 12.2. The van der Waals surface area contributed by atoms with Gasteiger partial charge in [0.05, 0.1) is 0 Å². The topological polar surface area (TPSA) is 38.8 Å². The minimum absolute atomic E-state index is 0.150. The van der Waals surface area contributed by atoms with Crippen LogP contribution in [0.1, 0.15) is 5.56 Å². The summed E-state index contributed by atoms with van der Waals surface area (Å²) in [5, 5.41) is 0. The lowest BCUT2D eigenvalue weighted by molar-refractivity contribution is -0.140. The molecule has 5 heteroatoms. The van der Waals surface area contributed by atoms with Crippen LogP contribution < -0.4 is 9.47 Å². The third-order valence-electron chi connectivity index (χ3n) is 3.53. The van der Waals surface area contributed by atoms with Gasteiger partial charge in [-0.25, -0.2) is 4.39 Å². The summed E-state index contributed by atoms with van der Waals surface area (Å²) in [6, 6.07) is 13.6. The second-order valence-electron chi connectivity index (χ2n) is 5.15. The monoisotopic (exact) mass is 301 g/mol. The largest absolute Gasteiger partial charge is 0.485 e. The minimum Gasteiger partial charge on any atom is -0.485 e. The molecule has 0 saturated carbocycles. The quantitative estimate of drug-likeness (QED) is 0.875. The van der Waals surface area contributed by atoms with Crippen LogP contribution in [-0.4, -0.2) is 30.6 Å². The maximum absolute atomic E-state index is 13.7. The molecular weight excluding hydrogens is 285 g/mol. The van der Waals surface area contributed by atoms with Crippen molar-refractivity contribution in [2.45, 2.75) is 12.6 Å². The summed E-state index contributed by atoms with van der Waals surface area (Å²) in [5.74, 6) is 0.612. The van der Waals surface area contributed by atoms with Crippen molar-refractivity contribution in [2.24, 2.45) is 0 Å². The van der Waals surface area contributed by atoms with E-state index < -0.39 is 6.10 Å². The van der Waals surface area contributed by atoms with Crippen molar-refractivity contribution in [1.29, 1.82) is 0 Å². The Morgan fingerprint density at radius 3 is 2.64 bits per heavy atom. The Kier molecular flexibility index (Phi) is 3.96. The molecule has 0 fully saturated rings. The predicted molar refractivity (Wildman–Crippen MR) is 79.2 cm³/mol. The SMILES string of the molecule is CN(Cc1ccccc1F)C(=O)[C@H]1COc2ccccc2O1. The van der Waals surface area contributed by atoms with Crippen LogP contribution in [0.2, 0.25) is 0 Å². The van der Waals surface area contributed by atoms with Crippen LogP contribution in [0.25, 0.3) is 0 Å². The lowest BCUT2D eigenvalue weighted by Crippen LogP contribution is -2.44. The zero-order chi connectivity index (χ0) is 15.5. The highest BCUT2D eigenvalue weighted by Gasteiger charge is 2.29. The van der Waals surface area contributed by atoms with E-state index in [1.54, 1.807) is 37.4 Å².